The zero-order chi connectivity index (χ0) is 13.7. The molecule has 0 saturated heterocycles. The number of hydrogen-bond donors (Lipinski definition) is 1. The van der Waals surface area contributed by atoms with Crippen LogP contribution in [0.1, 0.15) is 18.1 Å². The maximum absolute atomic E-state index is 5.50. The summed E-state index contributed by atoms with van der Waals surface area (Å²) in [5.41, 5.74) is 4.84. The van der Waals surface area contributed by atoms with Crippen LogP contribution in [0.4, 0.5) is 0 Å². The van der Waals surface area contributed by atoms with E-state index in [1.165, 1.54) is 16.7 Å². The topological polar surface area (TPSA) is 34.1 Å². The quantitative estimate of drug-likeness (QED) is 0.892. The molecule has 1 aromatic heterocycles. The lowest BCUT2D eigenvalue weighted by Crippen LogP contribution is -2.05. The Morgan fingerprint density at radius 2 is 2.05 bits per heavy atom. The molecule has 0 unspecified atom stereocenters. The molecule has 0 saturated carbocycles. The number of hydrogen-bond acceptors (Lipinski definition) is 3. The highest BCUT2D eigenvalue weighted by atomic mass is 16.5. The molecule has 1 N–H and O–H groups in total. The van der Waals surface area contributed by atoms with Crippen molar-refractivity contribution in [3.63, 3.8) is 0 Å². The molecule has 3 heteroatoms. The van der Waals surface area contributed by atoms with Gasteiger partial charge in [0, 0.05) is 18.3 Å². The predicted molar refractivity (Wildman–Crippen MR) is 78.3 cm³/mol. The fourth-order valence-electron chi connectivity index (χ4n) is 2.18. The van der Waals surface area contributed by atoms with E-state index in [1.807, 2.05) is 26.2 Å². The highest BCUT2D eigenvalue weighted by Crippen LogP contribution is 2.26. The summed E-state index contributed by atoms with van der Waals surface area (Å²) in [5, 5.41) is 3.16. The Kier molecular flexibility index (Phi) is 4.53. The summed E-state index contributed by atoms with van der Waals surface area (Å²) < 4.78 is 5.50. The van der Waals surface area contributed by atoms with Gasteiger partial charge in [0.15, 0.2) is 0 Å². The summed E-state index contributed by atoms with van der Waals surface area (Å²) in [6.07, 6.45) is 3.63. The van der Waals surface area contributed by atoms with Gasteiger partial charge in [-0.05, 0) is 43.7 Å². The smallest absolute Gasteiger partial charge is 0.138 e. The van der Waals surface area contributed by atoms with Gasteiger partial charge in [-0.2, -0.15) is 0 Å². The Hall–Kier alpha value is -1.87. The molecular formula is C16H20N2O. The van der Waals surface area contributed by atoms with Gasteiger partial charge in [0.1, 0.15) is 5.75 Å². The van der Waals surface area contributed by atoms with E-state index in [1.54, 1.807) is 6.20 Å². The lowest BCUT2D eigenvalue weighted by molar-refractivity contribution is 0.339. The number of aryl methyl sites for hydroxylation is 1. The van der Waals surface area contributed by atoms with Crippen molar-refractivity contribution >= 4 is 0 Å². The summed E-state index contributed by atoms with van der Waals surface area (Å²) in [6, 6.07) is 8.54. The number of ether oxygens (including phenoxy) is 1. The molecule has 2 rings (SSSR count). The fourth-order valence-corrected chi connectivity index (χ4v) is 2.18. The van der Waals surface area contributed by atoms with Crippen molar-refractivity contribution in [2.75, 3.05) is 13.7 Å². The lowest BCUT2D eigenvalue weighted by atomic mass is 9.99. The zero-order valence-corrected chi connectivity index (χ0v) is 11.7. The number of benzene rings is 1. The molecule has 0 fully saturated rings. The van der Waals surface area contributed by atoms with Gasteiger partial charge in [0.25, 0.3) is 0 Å². The zero-order valence-electron chi connectivity index (χ0n) is 11.7. The van der Waals surface area contributed by atoms with Gasteiger partial charge in [-0.1, -0.05) is 18.2 Å². The van der Waals surface area contributed by atoms with Crippen molar-refractivity contribution in [2.24, 2.45) is 0 Å². The van der Waals surface area contributed by atoms with Crippen molar-refractivity contribution < 1.29 is 4.74 Å². The summed E-state index contributed by atoms with van der Waals surface area (Å²) >= 11 is 0. The normalized spacial score (nSPS) is 10.5. The molecule has 0 spiro atoms. The standard InChI is InChI=1S/C16H20N2O/c1-4-19-15-8-14(10-18-11-15)16-6-5-13(9-17-3)7-12(16)2/h5-8,10-11,17H,4,9H2,1-3H3. The monoisotopic (exact) mass is 256 g/mol. The highest BCUT2D eigenvalue weighted by molar-refractivity contribution is 5.67. The predicted octanol–water partition coefficient (Wildman–Crippen LogP) is 3.18. The van der Waals surface area contributed by atoms with Crippen LogP contribution < -0.4 is 10.1 Å². The molecule has 1 heterocycles. The van der Waals surface area contributed by atoms with Crippen molar-refractivity contribution in [3.8, 4) is 16.9 Å². The first-order valence-electron chi connectivity index (χ1n) is 6.57. The molecule has 3 nitrogen and oxygen atoms in total. The molecular weight excluding hydrogens is 236 g/mol. The fraction of sp³-hybridized carbons (Fsp3) is 0.312. The maximum atomic E-state index is 5.50. The summed E-state index contributed by atoms with van der Waals surface area (Å²) in [7, 11) is 1.96. The highest BCUT2D eigenvalue weighted by Gasteiger charge is 2.05. The van der Waals surface area contributed by atoms with Crippen LogP contribution in [0, 0.1) is 6.92 Å². The average Bonchev–Trinajstić information content (AvgIpc) is 2.40. The second kappa shape index (κ2) is 6.34. The summed E-state index contributed by atoms with van der Waals surface area (Å²) in [4.78, 5) is 4.24. The third kappa shape index (κ3) is 3.32. The number of nitrogens with zero attached hydrogens (tertiary/aromatic N) is 1. The Morgan fingerprint density at radius 3 is 2.74 bits per heavy atom. The molecule has 0 atom stereocenters. The summed E-state index contributed by atoms with van der Waals surface area (Å²) in [6.45, 7) is 5.65. The molecule has 1 aromatic carbocycles. The van der Waals surface area contributed by atoms with Crippen LogP contribution in [-0.2, 0) is 6.54 Å². The van der Waals surface area contributed by atoms with E-state index >= 15 is 0 Å². The Morgan fingerprint density at radius 1 is 1.21 bits per heavy atom. The van der Waals surface area contributed by atoms with Crippen molar-refractivity contribution in [1.82, 2.24) is 10.3 Å². The molecule has 0 aliphatic rings. The van der Waals surface area contributed by atoms with E-state index < -0.39 is 0 Å². The molecule has 0 radical (unpaired) electrons. The van der Waals surface area contributed by atoms with E-state index in [2.05, 4.69) is 35.4 Å². The largest absolute Gasteiger partial charge is 0.492 e. The number of rotatable bonds is 5. The van der Waals surface area contributed by atoms with Crippen LogP contribution in [0.2, 0.25) is 0 Å². The van der Waals surface area contributed by atoms with Crippen LogP contribution in [0.15, 0.2) is 36.7 Å². The van der Waals surface area contributed by atoms with Gasteiger partial charge >= 0.3 is 0 Å². The SMILES string of the molecule is CCOc1cncc(-c2ccc(CNC)cc2C)c1. The lowest BCUT2D eigenvalue weighted by Gasteiger charge is -2.10. The first-order valence-corrected chi connectivity index (χ1v) is 6.57. The average molecular weight is 256 g/mol. The Bertz CT molecular complexity index is 552. The van der Waals surface area contributed by atoms with Crippen LogP contribution >= 0.6 is 0 Å². The molecule has 0 bridgehead atoms. The molecule has 0 amide bonds. The second-order valence-corrected chi connectivity index (χ2v) is 4.52. The van der Waals surface area contributed by atoms with Crippen LogP contribution in [0.25, 0.3) is 11.1 Å². The minimum atomic E-state index is 0.658. The van der Waals surface area contributed by atoms with Crippen molar-refractivity contribution in [2.45, 2.75) is 20.4 Å². The minimum Gasteiger partial charge on any atom is -0.492 e. The van der Waals surface area contributed by atoms with Gasteiger partial charge in [0.05, 0.1) is 12.8 Å². The van der Waals surface area contributed by atoms with Crippen LogP contribution in [-0.4, -0.2) is 18.6 Å². The molecule has 100 valence electrons. The van der Waals surface area contributed by atoms with Gasteiger partial charge in [0.2, 0.25) is 0 Å². The molecule has 2 aromatic rings. The third-order valence-corrected chi connectivity index (χ3v) is 3.01. The first-order chi connectivity index (χ1) is 9.24. The van der Waals surface area contributed by atoms with Gasteiger partial charge in [-0.25, -0.2) is 0 Å². The van der Waals surface area contributed by atoms with Crippen LogP contribution in [0.5, 0.6) is 5.75 Å². The maximum Gasteiger partial charge on any atom is 0.138 e. The number of nitrogens with one attached hydrogen (secondary N) is 1. The van der Waals surface area contributed by atoms with Crippen molar-refractivity contribution in [3.05, 3.63) is 47.8 Å². The second-order valence-electron chi connectivity index (χ2n) is 4.52. The van der Waals surface area contributed by atoms with E-state index in [-0.39, 0.29) is 0 Å². The van der Waals surface area contributed by atoms with E-state index in [0.29, 0.717) is 6.61 Å². The van der Waals surface area contributed by atoms with Gasteiger partial charge in [-0.15, -0.1) is 0 Å². The number of aromatic nitrogens is 1. The van der Waals surface area contributed by atoms with Crippen LogP contribution in [0.3, 0.4) is 0 Å². The molecule has 19 heavy (non-hydrogen) atoms. The Balaban J connectivity index is 2.33. The minimum absolute atomic E-state index is 0.658. The van der Waals surface area contributed by atoms with Gasteiger partial charge in [-0.3, -0.25) is 4.98 Å². The van der Waals surface area contributed by atoms with E-state index in [9.17, 15) is 0 Å². The Labute approximate surface area is 114 Å². The molecule has 0 aliphatic heterocycles. The molecule has 0 aliphatic carbocycles. The summed E-state index contributed by atoms with van der Waals surface area (Å²) in [5.74, 6) is 0.818. The van der Waals surface area contributed by atoms with E-state index in [0.717, 1.165) is 17.9 Å². The van der Waals surface area contributed by atoms with E-state index in [4.69, 9.17) is 4.74 Å². The third-order valence-electron chi connectivity index (χ3n) is 3.01. The first kappa shape index (κ1) is 13.6. The van der Waals surface area contributed by atoms with Crippen molar-refractivity contribution in [1.29, 1.82) is 0 Å². The van der Waals surface area contributed by atoms with Gasteiger partial charge < -0.3 is 10.1 Å². The number of pyridine rings is 1.